The number of hydrogen-bond acceptors (Lipinski definition) is 5. The van der Waals surface area contributed by atoms with Gasteiger partial charge >= 0.3 is 5.97 Å². The van der Waals surface area contributed by atoms with E-state index in [0.29, 0.717) is 20.6 Å². The fraction of sp³-hybridized carbons (Fsp3) is 0.333. The third kappa shape index (κ3) is 4.76. The van der Waals surface area contributed by atoms with Gasteiger partial charge in [-0.25, -0.2) is 4.79 Å². The number of anilines is 1. The van der Waals surface area contributed by atoms with E-state index in [9.17, 15) is 9.59 Å². The average molecular weight is 450 g/mol. The van der Waals surface area contributed by atoms with Crippen LogP contribution in [0.3, 0.4) is 0 Å². The highest BCUT2D eigenvalue weighted by Crippen LogP contribution is 2.38. The van der Waals surface area contributed by atoms with Crippen molar-refractivity contribution < 1.29 is 14.3 Å². The lowest BCUT2D eigenvalue weighted by Gasteiger charge is -2.22. The predicted octanol–water partition coefficient (Wildman–Crippen LogP) is 4.89. The molecule has 2 heterocycles. The van der Waals surface area contributed by atoms with E-state index >= 15 is 0 Å². The number of hydrogen-bond donors (Lipinski definition) is 1. The van der Waals surface area contributed by atoms with Crippen molar-refractivity contribution in [1.82, 2.24) is 4.90 Å². The fourth-order valence-electron chi connectivity index (χ4n) is 2.88. The molecule has 0 unspecified atom stereocenters. The number of rotatable bonds is 4. The molecule has 0 fully saturated rings. The van der Waals surface area contributed by atoms with E-state index in [2.05, 4.69) is 10.2 Å². The van der Waals surface area contributed by atoms with Crippen LogP contribution in [-0.2, 0) is 17.7 Å². The number of ether oxygens (including phenoxy) is 1. The number of nitrogens with one attached hydrogen (secondary N) is 1. The first-order valence-electron chi connectivity index (χ1n) is 8.17. The summed E-state index contributed by atoms with van der Waals surface area (Å²) in [6, 6.07) is 4.69. The fourth-order valence-corrected chi connectivity index (χ4v) is 4.57. The predicted molar refractivity (Wildman–Crippen MR) is 112 cm³/mol. The van der Waals surface area contributed by atoms with Crippen LogP contribution in [0.5, 0.6) is 0 Å². The second kappa shape index (κ2) is 9.26. The summed E-state index contributed by atoms with van der Waals surface area (Å²) >= 11 is 13.5. The summed E-state index contributed by atoms with van der Waals surface area (Å²) < 4.78 is 5.21. The third-order valence-electron chi connectivity index (χ3n) is 4.13. The van der Waals surface area contributed by atoms with Gasteiger partial charge in [-0.15, -0.1) is 23.7 Å². The molecule has 3 rings (SSSR count). The van der Waals surface area contributed by atoms with Gasteiger partial charge in [0.15, 0.2) is 0 Å². The quantitative estimate of drug-likeness (QED) is 0.675. The van der Waals surface area contributed by atoms with Gasteiger partial charge in [-0.3, -0.25) is 4.79 Å². The molecule has 1 amide bonds. The Balaban J connectivity index is 0.00000261. The summed E-state index contributed by atoms with van der Waals surface area (Å²) in [6.45, 7) is 3.62. The molecule has 9 heteroatoms. The Morgan fingerprint density at radius 3 is 2.78 bits per heavy atom. The number of carbonyl (C=O) groups is 2. The van der Waals surface area contributed by atoms with Crippen LogP contribution >= 0.6 is 46.9 Å². The maximum Gasteiger partial charge on any atom is 0.341 e. The molecule has 1 aliphatic heterocycles. The van der Waals surface area contributed by atoms with Crippen LogP contribution in [0.25, 0.3) is 0 Å². The largest absolute Gasteiger partial charge is 0.462 e. The summed E-state index contributed by atoms with van der Waals surface area (Å²) in [7, 11) is 2.02. The highest BCUT2D eigenvalue weighted by atomic mass is 35.5. The molecule has 1 aromatic heterocycles. The maximum atomic E-state index is 12.7. The Bertz CT molecular complexity index is 870. The van der Waals surface area contributed by atoms with Crippen LogP contribution in [0, 0.1) is 0 Å². The smallest absolute Gasteiger partial charge is 0.341 e. The summed E-state index contributed by atoms with van der Waals surface area (Å²) in [4.78, 5) is 28.4. The van der Waals surface area contributed by atoms with Crippen LogP contribution in [0.4, 0.5) is 5.00 Å². The van der Waals surface area contributed by atoms with E-state index in [1.807, 2.05) is 7.05 Å². The van der Waals surface area contributed by atoms with Gasteiger partial charge in [0.1, 0.15) is 5.00 Å². The van der Waals surface area contributed by atoms with E-state index in [-0.39, 0.29) is 24.6 Å². The van der Waals surface area contributed by atoms with E-state index in [1.165, 1.54) is 17.4 Å². The summed E-state index contributed by atoms with van der Waals surface area (Å²) in [5.74, 6) is -0.822. The number of nitrogens with zero attached hydrogens (tertiary/aromatic N) is 1. The Hall–Kier alpha value is -1.31. The van der Waals surface area contributed by atoms with Gasteiger partial charge in [0.2, 0.25) is 0 Å². The first kappa shape index (κ1) is 22.0. The van der Waals surface area contributed by atoms with Crippen molar-refractivity contribution in [3.8, 4) is 0 Å². The Kier molecular flexibility index (Phi) is 7.54. The Morgan fingerprint density at radius 2 is 2.07 bits per heavy atom. The molecule has 0 radical (unpaired) electrons. The van der Waals surface area contributed by atoms with Gasteiger partial charge in [0, 0.05) is 23.0 Å². The van der Waals surface area contributed by atoms with Crippen molar-refractivity contribution in [2.24, 2.45) is 0 Å². The molecule has 0 saturated heterocycles. The molecule has 2 aromatic rings. The molecule has 1 aliphatic rings. The van der Waals surface area contributed by atoms with Gasteiger partial charge in [-0.2, -0.15) is 0 Å². The minimum absolute atomic E-state index is 0. The molecule has 1 N–H and O–H groups in total. The van der Waals surface area contributed by atoms with Crippen molar-refractivity contribution in [2.75, 3.05) is 25.5 Å². The van der Waals surface area contributed by atoms with Crippen LogP contribution in [0.2, 0.25) is 10.0 Å². The minimum atomic E-state index is -0.415. The second-order valence-corrected chi connectivity index (χ2v) is 7.94. The summed E-state index contributed by atoms with van der Waals surface area (Å²) in [6.07, 6.45) is 0.740. The molecule has 27 heavy (non-hydrogen) atoms. The second-order valence-electron chi connectivity index (χ2n) is 5.99. The van der Waals surface area contributed by atoms with E-state index in [0.717, 1.165) is 30.0 Å². The van der Waals surface area contributed by atoms with Gasteiger partial charge in [0.05, 0.1) is 22.8 Å². The lowest BCUT2D eigenvalue weighted by Crippen LogP contribution is -2.26. The number of halogens is 3. The topological polar surface area (TPSA) is 58.6 Å². The number of fused-ring (bicyclic) bond motifs is 1. The maximum absolute atomic E-state index is 12.7. The third-order valence-corrected chi connectivity index (χ3v) is 5.82. The first-order valence-corrected chi connectivity index (χ1v) is 9.74. The van der Waals surface area contributed by atoms with Gasteiger partial charge in [0.25, 0.3) is 5.91 Å². The van der Waals surface area contributed by atoms with E-state index in [4.69, 9.17) is 27.9 Å². The van der Waals surface area contributed by atoms with Crippen molar-refractivity contribution in [3.63, 3.8) is 0 Å². The molecule has 1 aromatic carbocycles. The van der Waals surface area contributed by atoms with Gasteiger partial charge < -0.3 is 15.0 Å². The molecule has 0 bridgehead atoms. The molecular weight excluding hydrogens is 431 g/mol. The lowest BCUT2D eigenvalue weighted by molar-refractivity contribution is 0.0526. The molecule has 146 valence electrons. The molecule has 0 atom stereocenters. The number of esters is 1. The number of carbonyl (C=O) groups excluding carboxylic acids is 2. The van der Waals surface area contributed by atoms with Gasteiger partial charge in [-0.05, 0) is 44.2 Å². The average Bonchev–Trinajstić information content (AvgIpc) is 2.94. The van der Waals surface area contributed by atoms with Crippen molar-refractivity contribution in [2.45, 2.75) is 19.9 Å². The zero-order valence-corrected chi connectivity index (χ0v) is 17.9. The standard InChI is InChI=1S/C18H18Cl2N2O3S.ClH/c1-3-25-18(24)15-11-6-7-22(2)9-14(11)26-17(15)21-16(23)12-8-10(19)4-5-13(12)20;/h4-5,8H,3,6-7,9H2,1-2H3,(H,21,23);1H. The van der Waals surface area contributed by atoms with Crippen LogP contribution in [0.1, 0.15) is 38.1 Å². The Labute approximate surface area is 178 Å². The van der Waals surface area contributed by atoms with Crippen LogP contribution in [-0.4, -0.2) is 37.0 Å². The molecule has 0 aliphatic carbocycles. The van der Waals surface area contributed by atoms with Crippen LogP contribution in [0.15, 0.2) is 18.2 Å². The normalized spacial score (nSPS) is 13.5. The number of amides is 1. The highest BCUT2D eigenvalue weighted by Gasteiger charge is 2.29. The molecule has 5 nitrogen and oxygen atoms in total. The highest BCUT2D eigenvalue weighted by molar-refractivity contribution is 7.17. The summed E-state index contributed by atoms with van der Waals surface area (Å²) in [5, 5.41) is 4.02. The molecular formula is C18H19Cl3N2O3S. The zero-order chi connectivity index (χ0) is 18.8. The number of likely N-dealkylation sites (N-methyl/N-ethyl adjacent to an activating group) is 1. The first-order chi connectivity index (χ1) is 12.4. The number of benzene rings is 1. The summed E-state index contributed by atoms with van der Waals surface area (Å²) in [5.41, 5.74) is 1.67. The van der Waals surface area contributed by atoms with Crippen molar-refractivity contribution >= 4 is 63.8 Å². The van der Waals surface area contributed by atoms with Crippen LogP contribution < -0.4 is 5.32 Å². The zero-order valence-electron chi connectivity index (χ0n) is 14.8. The minimum Gasteiger partial charge on any atom is -0.462 e. The monoisotopic (exact) mass is 448 g/mol. The van der Waals surface area contributed by atoms with E-state index < -0.39 is 11.9 Å². The molecule has 0 saturated carbocycles. The lowest BCUT2D eigenvalue weighted by atomic mass is 10.0. The van der Waals surface area contributed by atoms with Gasteiger partial charge in [-0.1, -0.05) is 23.2 Å². The van der Waals surface area contributed by atoms with E-state index in [1.54, 1.807) is 19.1 Å². The van der Waals surface area contributed by atoms with Crippen molar-refractivity contribution in [3.05, 3.63) is 49.8 Å². The van der Waals surface area contributed by atoms with Crippen molar-refractivity contribution in [1.29, 1.82) is 0 Å². The number of thiophene rings is 1. The Morgan fingerprint density at radius 1 is 1.33 bits per heavy atom. The SMILES string of the molecule is CCOC(=O)c1c(NC(=O)c2cc(Cl)ccc2Cl)sc2c1CCN(C)C2.Cl. The molecule has 0 spiro atoms.